The van der Waals surface area contributed by atoms with Crippen LogP contribution in [0.15, 0.2) is 24.3 Å². The first-order valence-electron chi connectivity index (χ1n) is 4.38. The Labute approximate surface area is 82.0 Å². The fraction of sp³-hybridized carbons (Fsp3) is 0.364. The minimum absolute atomic E-state index is 0.0154. The fourth-order valence-corrected chi connectivity index (χ4v) is 1.15. The van der Waals surface area contributed by atoms with Gasteiger partial charge in [-0.05, 0) is 6.92 Å². The maximum atomic E-state index is 13.3. The lowest BCUT2D eigenvalue weighted by Gasteiger charge is -2.14. The lowest BCUT2D eigenvalue weighted by atomic mass is 10.0. The van der Waals surface area contributed by atoms with Crippen LogP contribution in [-0.4, -0.2) is 0 Å². The van der Waals surface area contributed by atoms with E-state index >= 15 is 0 Å². The van der Waals surface area contributed by atoms with E-state index in [-0.39, 0.29) is 12.0 Å². The Hall–Kier alpha value is -1.43. The second-order valence-electron chi connectivity index (χ2n) is 3.23. The number of rotatable bonds is 3. The molecule has 0 unspecified atom stereocenters. The van der Waals surface area contributed by atoms with Crippen molar-refractivity contribution in [1.82, 2.24) is 0 Å². The van der Waals surface area contributed by atoms with Crippen molar-refractivity contribution < 1.29 is 8.78 Å². The highest BCUT2D eigenvalue weighted by molar-refractivity contribution is 5.24. The summed E-state index contributed by atoms with van der Waals surface area (Å²) in [5.41, 5.74) is 0.934. The van der Waals surface area contributed by atoms with Crippen molar-refractivity contribution in [2.75, 3.05) is 0 Å². The van der Waals surface area contributed by atoms with Crippen LogP contribution in [-0.2, 0) is 5.92 Å². The Balaban J connectivity index is 2.82. The number of halogens is 2. The summed E-state index contributed by atoms with van der Waals surface area (Å²) in [6.07, 6.45) is -0.534. The second-order valence-corrected chi connectivity index (χ2v) is 3.23. The number of alkyl halides is 2. The van der Waals surface area contributed by atoms with E-state index in [2.05, 4.69) is 0 Å². The van der Waals surface area contributed by atoms with E-state index in [9.17, 15) is 8.78 Å². The summed E-state index contributed by atoms with van der Waals surface area (Å²) in [5.74, 6) is -2.89. The molecule has 0 aliphatic carbocycles. The van der Waals surface area contributed by atoms with Crippen molar-refractivity contribution in [3.8, 4) is 6.07 Å². The Bertz CT molecular complexity index is 335. The molecule has 0 radical (unpaired) electrons. The summed E-state index contributed by atoms with van der Waals surface area (Å²) >= 11 is 0. The van der Waals surface area contributed by atoms with Crippen molar-refractivity contribution in [3.05, 3.63) is 35.4 Å². The third-order valence-corrected chi connectivity index (χ3v) is 2.02. The van der Waals surface area contributed by atoms with Crippen LogP contribution in [0.1, 0.15) is 24.0 Å². The summed E-state index contributed by atoms with van der Waals surface area (Å²) in [5, 5.41) is 8.24. The first kappa shape index (κ1) is 10.6. The summed E-state index contributed by atoms with van der Waals surface area (Å²) in [4.78, 5) is 0. The van der Waals surface area contributed by atoms with Crippen molar-refractivity contribution in [3.63, 3.8) is 0 Å². The Morgan fingerprint density at radius 1 is 1.29 bits per heavy atom. The molecule has 0 bridgehead atoms. The van der Waals surface area contributed by atoms with Gasteiger partial charge in [0.15, 0.2) is 0 Å². The maximum Gasteiger partial charge on any atom is 0.274 e. The van der Waals surface area contributed by atoms with Gasteiger partial charge in [-0.1, -0.05) is 29.8 Å². The Kier molecular flexibility index (Phi) is 3.19. The third kappa shape index (κ3) is 2.53. The molecule has 0 fully saturated rings. The van der Waals surface area contributed by atoms with Crippen LogP contribution in [0.2, 0.25) is 0 Å². The molecule has 1 aromatic rings. The molecule has 74 valence electrons. The predicted molar refractivity (Wildman–Crippen MR) is 49.9 cm³/mol. The molecular weight excluding hydrogens is 184 g/mol. The van der Waals surface area contributed by atoms with Crippen LogP contribution in [0.3, 0.4) is 0 Å². The molecule has 1 aromatic carbocycles. The smallest absolute Gasteiger partial charge is 0.201 e. The minimum atomic E-state index is -2.89. The monoisotopic (exact) mass is 195 g/mol. The maximum absolute atomic E-state index is 13.3. The zero-order valence-corrected chi connectivity index (χ0v) is 7.93. The number of nitriles is 1. The zero-order valence-electron chi connectivity index (χ0n) is 7.93. The lowest BCUT2D eigenvalue weighted by Crippen LogP contribution is -2.12. The number of hydrogen-bond acceptors (Lipinski definition) is 1. The van der Waals surface area contributed by atoms with E-state index in [1.54, 1.807) is 18.2 Å². The first-order valence-corrected chi connectivity index (χ1v) is 4.38. The molecule has 1 rings (SSSR count). The average molecular weight is 195 g/mol. The van der Waals surface area contributed by atoms with Gasteiger partial charge in [-0.25, -0.2) is 8.78 Å². The molecule has 0 amide bonds. The van der Waals surface area contributed by atoms with Gasteiger partial charge in [-0.2, -0.15) is 5.26 Å². The highest BCUT2D eigenvalue weighted by Gasteiger charge is 2.30. The van der Waals surface area contributed by atoms with Gasteiger partial charge in [0.25, 0.3) is 5.92 Å². The number of benzene rings is 1. The summed E-state index contributed by atoms with van der Waals surface area (Å²) in [7, 11) is 0. The van der Waals surface area contributed by atoms with E-state index in [0.29, 0.717) is 0 Å². The molecule has 0 saturated heterocycles. The number of nitrogens with zero attached hydrogens (tertiary/aromatic N) is 1. The van der Waals surface area contributed by atoms with Crippen LogP contribution in [0.5, 0.6) is 0 Å². The van der Waals surface area contributed by atoms with Crippen LogP contribution < -0.4 is 0 Å². The highest BCUT2D eigenvalue weighted by atomic mass is 19.3. The van der Waals surface area contributed by atoms with Crippen LogP contribution >= 0.6 is 0 Å². The summed E-state index contributed by atoms with van der Waals surface area (Å²) in [6, 6.07) is 7.84. The van der Waals surface area contributed by atoms with E-state index in [1.165, 1.54) is 12.1 Å². The van der Waals surface area contributed by atoms with E-state index < -0.39 is 12.3 Å². The Morgan fingerprint density at radius 2 is 1.86 bits per heavy atom. The van der Waals surface area contributed by atoms with Crippen LogP contribution in [0.4, 0.5) is 8.78 Å². The molecule has 0 aliphatic rings. The normalized spacial score (nSPS) is 11.0. The molecule has 0 N–H and O–H groups in total. The van der Waals surface area contributed by atoms with Gasteiger partial charge in [-0.15, -0.1) is 0 Å². The van der Waals surface area contributed by atoms with Gasteiger partial charge < -0.3 is 0 Å². The summed E-state index contributed by atoms with van der Waals surface area (Å²) < 4.78 is 26.6. The predicted octanol–water partition coefficient (Wildman–Crippen LogP) is 3.39. The molecule has 3 heteroatoms. The number of aryl methyl sites for hydroxylation is 1. The van der Waals surface area contributed by atoms with E-state index in [0.717, 1.165) is 5.56 Å². The fourth-order valence-electron chi connectivity index (χ4n) is 1.15. The quantitative estimate of drug-likeness (QED) is 0.725. The molecule has 0 atom stereocenters. The molecule has 0 heterocycles. The molecule has 0 saturated carbocycles. The van der Waals surface area contributed by atoms with Crippen molar-refractivity contribution in [2.45, 2.75) is 25.7 Å². The molecule has 0 aliphatic heterocycles. The standard InChI is InChI=1S/C11H11F2N/c1-9-3-5-10(6-4-9)11(12,13)7-2-8-14/h3-6H,2,7H2,1H3. The van der Waals surface area contributed by atoms with Gasteiger partial charge in [0.2, 0.25) is 0 Å². The van der Waals surface area contributed by atoms with Crippen LogP contribution in [0, 0.1) is 18.3 Å². The van der Waals surface area contributed by atoms with E-state index in [1.807, 2.05) is 6.92 Å². The van der Waals surface area contributed by atoms with Gasteiger partial charge in [-0.3, -0.25) is 0 Å². The average Bonchev–Trinajstić information content (AvgIpc) is 2.16. The molecule has 14 heavy (non-hydrogen) atoms. The van der Waals surface area contributed by atoms with Gasteiger partial charge in [0.1, 0.15) is 0 Å². The first-order chi connectivity index (χ1) is 6.56. The van der Waals surface area contributed by atoms with Crippen LogP contribution in [0.25, 0.3) is 0 Å². The highest BCUT2D eigenvalue weighted by Crippen LogP contribution is 2.32. The van der Waals surface area contributed by atoms with Crippen molar-refractivity contribution in [1.29, 1.82) is 5.26 Å². The second kappa shape index (κ2) is 4.19. The third-order valence-electron chi connectivity index (χ3n) is 2.02. The topological polar surface area (TPSA) is 23.8 Å². The zero-order chi connectivity index (χ0) is 10.6. The molecule has 0 aromatic heterocycles. The molecule has 1 nitrogen and oxygen atoms in total. The van der Waals surface area contributed by atoms with E-state index in [4.69, 9.17) is 5.26 Å². The SMILES string of the molecule is Cc1ccc(C(F)(F)CCC#N)cc1. The minimum Gasteiger partial charge on any atom is -0.201 e. The van der Waals surface area contributed by atoms with Crippen molar-refractivity contribution >= 4 is 0 Å². The Morgan fingerprint density at radius 3 is 2.36 bits per heavy atom. The van der Waals surface area contributed by atoms with Crippen molar-refractivity contribution in [2.24, 2.45) is 0 Å². The number of hydrogen-bond donors (Lipinski definition) is 0. The molecular formula is C11H11F2N. The summed E-state index contributed by atoms with van der Waals surface area (Å²) in [6.45, 7) is 1.84. The largest absolute Gasteiger partial charge is 0.274 e. The van der Waals surface area contributed by atoms with Gasteiger partial charge >= 0.3 is 0 Å². The van der Waals surface area contributed by atoms with Gasteiger partial charge in [0, 0.05) is 18.4 Å². The lowest BCUT2D eigenvalue weighted by molar-refractivity contribution is -0.0119. The van der Waals surface area contributed by atoms with Gasteiger partial charge in [0.05, 0.1) is 6.07 Å². The molecule has 0 spiro atoms.